The SMILES string of the molecule is O=C(O)/C=C/c1ccc(Br)cc1N1CCCCCC1. The highest BCUT2D eigenvalue weighted by molar-refractivity contribution is 9.10. The van der Waals surface area contributed by atoms with Crippen LogP contribution in [-0.4, -0.2) is 24.2 Å². The minimum absolute atomic E-state index is 0.912. The van der Waals surface area contributed by atoms with Gasteiger partial charge in [-0.3, -0.25) is 0 Å². The number of carboxylic acid groups (broad SMARTS) is 1. The fraction of sp³-hybridized carbons (Fsp3) is 0.400. The van der Waals surface area contributed by atoms with Gasteiger partial charge in [0.15, 0.2) is 0 Å². The molecule has 4 heteroatoms. The number of aliphatic carboxylic acids is 1. The van der Waals surface area contributed by atoms with Crippen LogP contribution in [0.2, 0.25) is 0 Å². The van der Waals surface area contributed by atoms with E-state index in [9.17, 15) is 4.79 Å². The molecule has 19 heavy (non-hydrogen) atoms. The summed E-state index contributed by atoms with van der Waals surface area (Å²) in [5.74, 6) is -0.912. The molecule has 0 aliphatic carbocycles. The smallest absolute Gasteiger partial charge is 0.328 e. The van der Waals surface area contributed by atoms with Gasteiger partial charge in [-0.15, -0.1) is 0 Å². The van der Waals surface area contributed by atoms with Crippen molar-refractivity contribution < 1.29 is 9.90 Å². The molecule has 1 aliphatic rings. The summed E-state index contributed by atoms with van der Waals surface area (Å²) in [4.78, 5) is 13.0. The molecule has 0 saturated carbocycles. The standard InChI is InChI=1S/C15H18BrNO2/c16-13-7-5-12(6-8-15(18)19)14(11-13)17-9-3-1-2-4-10-17/h5-8,11H,1-4,9-10H2,(H,18,19)/b8-6+. The zero-order valence-corrected chi connectivity index (χ0v) is 12.4. The van der Waals surface area contributed by atoms with Crippen molar-refractivity contribution in [1.82, 2.24) is 0 Å². The largest absolute Gasteiger partial charge is 0.478 e. The van der Waals surface area contributed by atoms with Crippen LogP contribution < -0.4 is 4.90 Å². The zero-order chi connectivity index (χ0) is 13.7. The molecule has 1 N–H and O–H groups in total. The van der Waals surface area contributed by atoms with E-state index in [-0.39, 0.29) is 0 Å². The summed E-state index contributed by atoms with van der Waals surface area (Å²) in [5, 5.41) is 8.77. The molecule has 0 bridgehead atoms. The van der Waals surface area contributed by atoms with Crippen molar-refractivity contribution in [3.63, 3.8) is 0 Å². The first-order valence-corrected chi connectivity index (χ1v) is 7.41. The third-order valence-corrected chi connectivity index (χ3v) is 3.84. The van der Waals surface area contributed by atoms with Gasteiger partial charge in [-0.05, 0) is 36.6 Å². The van der Waals surface area contributed by atoms with Gasteiger partial charge >= 0.3 is 5.97 Å². The second-order valence-corrected chi connectivity index (χ2v) is 5.69. The summed E-state index contributed by atoms with van der Waals surface area (Å²) in [5.41, 5.74) is 2.08. The van der Waals surface area contributed by atoms with Gasteiger partial charge < -0.3 is 10.0 Å². The molecule has 1 aromatic rings. The van der Waals surface area contributed by atoms with Crippen LogP contribution in [0.5, 0.6) is 0 Å². The van der Waals surface area contributed by atoms with Crippen molar-refractivity contribution in [3.8, 4) is 0 Å². The molecule has 0 radical (unpaired) electrons. The van der Waals surface area contributed by atoms with E-state index in [0.29, 0.717) is 0 Å². The van der Waals surface area contributed by atoms with E-state index in [1.165, 1.54) is 31.8 Å². The van der Waals surface area contributed by atoms with E-state index in [4.69, 9.17) is 5.11 Å². The Hall–Kier alpha value is -1.29. The predicted octanol–water partition coefficient (Wildman–Crippen LogP) is 3.93. The molecule has 1 heterocycles. The quantitative estimate of drug-likeness (QED) is 0.857. The molecule has 0 amide bonds. The lowest BCUT2D eigenvalue weighted by Crippen LogP contribution is -2.24. The van der Waals surface area contributed by atoms with Crippen LogP contribution in [0.25, 0.3) is 6.08 Å². The van der Waals surface area contributed by atoms with E-state index in [1.807, 2.05) is 12.1 Å². The Morgan fingerprint density at radius 2 is 1.89 bits per heavy atom. The van der Waals surface area contributed by atoms with E-state index in [0.717, 1.165) is 28.8 Å². The molecule has 1 fully saturated rings. The summed E-state index contributed by atoms with van der Waals surface area (Å²) in [7, 11) is 0. The van der Waals surface area contributed by atoms with Gasteiger partial charge in [-0.25, -0.2) is 4.79 Å². The summed E-state index contributed by atoms with van der Waals surface area (Å²) in [6.45, 7) is 2.09. The maximum absolute atomic E-state index is 10.7. The number of hydrogen-bond donors (Lipinski definition) is 1. The van der Waals surface area contributed by atoms with E-state index >= 15 is 0 Å². The number of carboxylic acids is 1. The summed E-state index contributed by atoms with van der Waals surface area (Å²) in [6, 6.07) is 5.99. The number of rotatable bonds is 3. The maximum atomic E-state index is 10.7. The first-order chi connectivity index (χ1) is 9.16. The van der Waals surface area contributed by atoms with Crippen LogP contribution in [0.4, 0.5) is 5.69 Å². The second-order valence-electron chi connectivity index (χ2n) is 4.78. The van der Waals surface area contributed by atoms with Crippen LogP contribution in [0.1, 0.15) is 31.2 Å². The molecule has 1 saturated heterocycles. The van der Waals surface area contributed by atoms with Crippen LogP contribution in [0.15, 0.2) is 28.7 Å². The molecule has 0 atom stereocenters. The molecule has 1 aromatic carbocycles. The summed E-state index contributed by atoms with van der Waals surface area (Å²) >= 11 is 3.50. The average molecular weight is 324 g/mol. The lowest BCUT2D eigenvalue weighted by molar-refractivity contribution is -0.131. The van der Waals surface area contributed by atoms with Crippen molar-refractivity contribution in [2.45, 2.75) is 25.7 Å². The first-order valence-electron chi connectivity index (χ1n) is 6.62. The molecule has 0 aromatic heterocycles. The van der Waals surface area contributed by atoms with Gasteiger partial charge in [0.1, 0.15) is 0 Å². The third kappa shape index (κ3) is 4.10. The molecule has 3 nitrogen and oxygen atoms in total. The molecule has 0 unspecified atom stereocenters. The minimum Gasteiger partial charge on any atom is -0.478 e. The first kappa shape index (κ1) is 14.1. The van der Waals surface area contributed by atoms with Gasteiger partial charge in [0.25, 0.3) is 0 Å². The van der Waals surface area contributed by atoms with Gasteiger partial charge in [-0.2, -0.15) is 0 Å². The number of halogens is 1. The highest BCUT2D eigenvalue weighted by Gasteiger charge is 2.13. The zero-order valence-electron chi connectivity index (χ0n) is 10.8. The number of anilines is 1. The van der Waals surface area contributed by atoms with Crippen molar-refractivity contribution in [3.05, 3.63) is 34.3 Å². The Kier molecular flexibility index (Phi) is 5.02. The molecular weight excluding hydrogens is 306 g/mol. The maximum Gasteiger partial charge on any atom is 0.328 e. The van der Waals surface area contributed by atoms with Crippen molar-refractivity contribution in [2.75, 3.05) is 18.0 Å². The van der Waals surface area contributed by atoms with Crippen molar-refractivity contribution in [2.24, 2.45) is 0 Å². The Bertz CT molecular complexity index is 477. The van der Waals surface area contributed by atoms with E-state index in [2.05, 4.69) is 26.9 Å². The topological polar surface area (TPSA) is 40.5 Å². The fourth-order valence-corrected chi connectivity index (χ4v) is 2.75. The van der Waals surface area contributed by atoms with Crippen molar-refractivity contribution >= 4 is 33.7 Å². The number of benzene rings is 1. The van der Waals surface area contributed by atoms with Gasteiger partial charge in [-0.1, -0.05) is 34.8 Å². The van der Waals surface area contributed by atoms with Gasteiger partial charge in [0, 0.05) is 29.3 Å². The Balaban J connectivity index is 2.30. The van der Waals surface area contributed by atoms with E-state index < -0.39 is 5.97 Å². The van der Waals surface area contributed by atoms with Crippen molar-refractivity contribution in [1.29, 1.82) is 0 Å². The van der Waals surface area contributed by atoms with Crippen LogP contribution in [-0.2, 0) is 4.79 Å². The Morgan fingerprint density at radius 3 is 2.53 bits per heavy atom. The van der Waals surface area contributed by atoms with Crippen LogP contribution in [0, 0.1) is 0 Å². The molecular formula is C15H18BrNO2. The normalized spacial score (nSPS) is 16.6. The molecule has 0 spiro atoms. The summed E-state index contributed by atoms with van der Waals surface area (Å²) in [6.07, 6.45) is 7.85. The third-order valence-electron chi connectivity index (χ3n) is 3.34. The average Bonchev–Trinajstić information content (AvgIpc) is 2.65. The molecule has 2 rings (SSSR count). The van der Waals surface area contributed by atoms with Gasteiger partial charge in [0.05, 0.1) is 0 Å². The second kappa shape index (κ2) is 6.75. The predicted molar refractivity (Wildman–Crippen MR) is 81.5 cm³/mol. The highest BCUT2D eigenvalue weighted by Crippen LogP contribution is 2.28. The van der Waals surface area contributed by atoms with Crippen LogP contribution >= 0.6 is 15.9 Å². The monoisotopic (exact) mass is 323 g/mol. The molecule has 102 valence electrons. The number of hydrogen-bond acceptors (Lipinski definition) is 2. The Labute approximate surface area is 122 Å². The van der Waals surface area contributed by atoms with Gasteiger partial charge in [0.2, 0.25) is 0 Å². The Morgan fingerprint density at radius 1 is 1.21 bits per heavy atom. The number of carbonyl (C=O) groups is 1. The minimum atomic E-state index is -0.912. The fourth-order valence-electron chi connectivity index (χ4n) is 2.40. The lowest BCUT2D eigenvalue weighted by atomic mass is 10.1. The summed E-state index contributed by atoms with van der Waals surface area (Å²) < 4.78 is 1.03. The lowest BCUT2D eigenvalue weighted by Gasteiger charge is -2.25. The molecule has 1 aliphatic heterocycles. The number of nitrogens with zero attached hydrogens (tertiary/aromatic N) is 1. The van der Waals surface area contributed by atoms with E-state index in [1.54, 1.807) is 6.08 Å². The van der Waals surface area contributed by atoms with Crippen LogP contribution in [0.3, 0.4) is 0 Å². The highest BCUT2D eigenvalue weighted by atomic mass is 79.9.